The molecule has 0 amide bonds. The minimum Gasteiger partial charge on any atom is -0.356 e. The first kappa shape index (κ1) is 17.3. The van der Waals surface area contributed by atoms with E-state index in [-0.39, 0.29) is 6.04 Å². The van der Waals surface area contributed by atoms with Crippen LogP contribution in [-0.2, 0) is 6.18 Å². The molecule has 0 unspecified atom stereocenters. The molecule has 3 atom stereocenters. The molecular weight excluding hydrogens is 341 g/mol. The van der Waals surface area contributed by atoms with Crippen LogP contribution < -0.4 is 4.90 Å². The van der Waals surface area contributed by atoms with E-state index in [1.54, 1.807) is 6.07 Å². The zero-order valence-corrected chi connectivity index (χ0v) is 14.7. The summed E-state index contributed by atoms with van der Waals surface area (Å²) in [5.74, 6) is 0.104. The zero-order chi connectivity index (χ0) is 18.5. The predicted octanol–water partition coefficient (Wildman–Crippen LogP) is 3.54. The van der Waals surface area contributed by atoms with Crippen molar-refractivity contribution in [2.24, 2.45) is 11.8 Å². The molecule has 2 aliphatic rings. The number of nitrogens with zero attached hydrogens (tertiary/aromatic N) is 4. The van der Waals surface area contributed by atoms with Crippen molar-refractivity contribution >= 4 is 5.82 Å². The molecule has 2 fully saturated rings. The van der Waals surface area contributed by atoms with Gasteiger partial charge in [-0.25, -0.2) is 9.97 Å². The average molecular weight is 362 g/mol. The van der Waals surface area contributed by atoms with Gasteiger partial charge < -0.3 is 4.90 Å². The molecule has 138 valence electrons. The number of hydrogen-bond donors (Lipinski definition) is 0. The van der Waals surface area contributed by atoms with E-state index in [1.165, 1.54) is 17.3 Å². The number of likely N-dealkylation sites (tertiary alicyclic amines) is 1. The number of aromatic nitrogens is 2. The predicted molar refractivity (Wildman–Crippen MR) is 92.8 cm³/mol. The standard InChI is InChI=1S/C19H21F3N4/c1-12-5-3-4-6-14(12)17-15-11-26(10-13(15)9-25(17)2)16-7-8-23-18(24-16)19(20,21)22/h3-8,13,15,17H,9-11H2,1-2H3/t13-,15+,17-/m0/s1. The lowest BCUT2D eigenvalue weighted by atomic mass is 9.88. The van der Waals surface area contributed by atoms with E-state index in [9.17, 15) is 13.2 Å². The zero-order valence-electron chi connectivity index (χ0n) is 14.7. The highest BCUT2D eigenvalue weighted by atomic mass is 19.4. The summed E-state index contributed by atoms with van der Waals surface area (Å²) in [5.41, 5.74) is 2.56. The minimum atomic E-state index is -4.52. The van der Waals surface area contributed by atoms with Crippen LogP contribution in [0.2, 0.25) is 0 Å². The Balaban J connectivity index is 1.60. The van der Waals surface area contributed by atoms with E-state index in [4.69, 9.17) is 0 Å². The molecule has 0 radical (unpaired) electrons. The summed E-state index contributed by atoms with van der Waals surface area (Å²) in [5, 5.41) is 0. The quantitative estimate of drug-likeness (QED) is 0.818. The first-order valence-electron chi connectivity index (χ1n) is 8.75. The molecule has 26 heavy (non-hydrogen) atoms. The average Bonchev–Trinajstić information content (AvgIpc) is 3.12. The fourth-order valence-electron chi connectivity index (χ4n) is 4.49. The van der Waals surface area contributed by atoms with Gasteiger partial charge in [-0.15, -0.1) is 0 Å². The summed E-state index contributed by atoms with van der Waals surface area (Å²) in [7, 11) is 2.13. The first-order chi connectivity index (χ1) is 12.3. The number of benzene rings is 1. The second kappa shape index (κ2) is 6.23. The summed E-state index contributed by atoms with van der Waals surface area (Å²) >= 11 is 0. The Morgan fingerprint density at radius 1 is 1.08 bits per heavy atom. The lowest BCUT2D eigenvalue weighted by Gasteiger charge is -2.28. The normalized spacial score (nSPS) is 26.3. The monoisotopic (exact) mass is 362 g/mol. The molecular formula is C19H21F3N4. The third-order valence-corrected chi connectivity index (χ3v) is 5.62. The number of halogens is 3. The van der Waals surface area contributed by atoms with Gasteiger partial charge in [0, 0.05) is 37.8 Å². The highest BCUT2D eigenvalue weighted by molar-refractivity contribution is 5.41. The molecule has 2 aromatic rings. The van der Waals surface area contributed by atoms with Gasteiger partial charge in [0.1, 0.15) is 5.82 Å². The maximum absolute atomic E-state index is 12.9. The summed E-state index contributed by atoms with van der Waals surface area (Å²) in [6, 6.07) is 10.2. The number of hydrogen-bond acceptors (Lipinski definition) is 4. The summed E-state index contributed by atoms with van der Waals surface area (Å²) in [4.78, 5) is 11.5. The van der Waals surface area contributed by atoms with E-state index in [0.717, 1.165) is 13.1 Å². The molecule has 0 aliphatic carbocycles. The first-order valence-corrected chi connectivity index (χ1v) is 8.75. The highest BCUT2D eigenvalue weighted by Gasteiger charge is 2.47. The van der Waals surface area contributed by atoms with Crippen molar-refractivity contribution in [3.8, 4) is 0 Å². The molecule has 2 saturated heterocycles. The van der Waals surface area contributed by atoms with Crippen LogP contribution in [0.15, 0.2) is 36.5 Å². The molecule has 2 aliphatic heterocycles. The van der Waals surface area contributed by atoms with Gasteiger partial charge in [0.05, 0.1) is 0 Å². The third-order valence-electron chi connectivity index (χ3n) is 5.62. The molecule has 4 nitrogen and oxygen atoms in total. The van der Waals surface area contributed by atoms with Crippen molar-refractivity contribution in [1.82, 2.24) is 14.9 Å². The Morgan fingerprint density at radius 3 is 2.58 bits per heavy atom. The molecule has 0 N–H and O–H groups in total. The fourth-order valence-corrected chi connectivity index (χ4v) is 4.49. The van der Waals surface area contributed by atoms with Gasteiger partial charge in [0.15, 0.2) is 0 Å². The number of rotatable bonds is 2. The topological polar surface area (TPSA) is 32.3 Å². The maximum atomic E-state index is 12.9. The molecule has 1 aromatic carbocycles. The van der Waals surface area contributed by atoms with Gasteiger partial charge in [0.25, 0.3) is 0 Å². The van der Waals surface area contributed by atoms with Gasteiger partial charge in [-0.05, 0) is 37.1 Å². The van der Waals surface area contributed by atoms with Gasteiger partial charge >= 0.3 is 6.18 Å². The van der Waals surface area contributed by atoms with Crippen LogP contribution in [0.3, 0.4) is 0 Å². The lowest BCUT2D eigenvalue weighted by Crippen LogP contribution is -2.30. The fraction of sp³-hybridized carbons (Fsp3) is 0.474. The molecule has 1 aromatic heterocycles. The Morgan fingerprint density at radius 2 is 1.85 bits per heavy atom. The van der Waals surface area contributed by atoms with Crippen molar-refractivity contribution in [2.75, 3.05) is 31.6 Å². The van der Waals surface area contributed by atoms with Gasteiger partial charge in [0.2, 0.25) is 5.82 Å². The molecule has 4 rings (SSSR count). The van der Waals surface area contributed by atoms with Crippen LogP contribution in [0, 0.1) is 18.8 Å². The summed E-state index contributed by atoms with van der Waals surface area (Å²) < 4.78 is 38.7. The van der Waals surface area contributed by atoms with E-state index >= 15 is 0 Å². The second-order valence-electron chi connectivity index (χ2n) is 7.31. The van der Waals surface area contributed by atoms with Crippen LogP contribution in [-0.4, -0.2) is 41.5 Å². The maximum Gasteiger partial charge on any atom is 0.451 e. The van der Waals surface area contributed by atoms with Gasteiger partial charge in [-0.2, -0.15) is 13.2 Å². The molecule has 7 heteroatoms. The summed E-state index contributed by atoms with van der Waals surface area (Å²) in [6.07, 6.45) is -3.32. The Labute approximate surface area is 150 Å². The van der Waals surface area contributed by atoms with Crippen molar-refractivity contribution < 1.29 is 13.2 Å². The summed E-state index contributed by atoms with van der Waals surface area (Å²) in [6.45, 7) is 4.49. The number of fused-ring (bicyclic) bond motifs is 1. The van der Waals surface area contributed by atoms with Gasteiger partial charge in [-0.3, -0.25) is 4.90 Å². The Kier molecular flexibility index (Phi) is 4.14. The second-order valence-corrected chi connectivity index (χ2v) is 7.31. The van der Waals surface area contributed by atoms with Crippen LogP contribution in [0.5, 0.6) is 0 Å². The SMILES string of the molecule is Cc1ccccc1[C@H]1[C@@H]2CN(c3ccnc(C(F)(F)F)n3)C[C@@H]2CN1C. The van der Waals surface area contributed by atoms with Crippen LogP contribution in [0.4, 0.5) is 19.0 Å². The van der Waals surface area contributed by atoms with Crippen LogP contribution >= 0.6 is 0 Å². The van der Waals surface area contributed by atoms with Crippen molar-refractivity contribution in [2.45, 2.75) is 19.1 Å². The van der Waals surface area contributed by atoms with E-state index in [2.05, 4.69) is 47.0 Å². The van der Waals surface area contributed by atoms with E-state index in [0.29, 0.717) is 24.2 Å². The van der Waals surface area contributed by atoms with Crippen LogP contribution in [0.25, 0.3) is 0 Å². The van der Waals surface area contributed by atoms with Crippen LogP contribution in [0.1, 0.15) is 23.0 Å². The molecule has 3 heterocycles. The molecule has 0 saturated carbocycles. The number of anilines is 1. The Hall–Kier alpha value is -2.15. The molecule has 0 spiro atoms. The Bertz CT molecular complexity index is 807. The lowest BCUT2D eigenvalue weighted by molar-refractivity contribution is -0.144. The highest BCUT2D eigenvalue weighted by Crippen LogP contribution is 2.45. The van der Waals surface area contributed by atoms with E-state index in [1.807, 2.05) is 11.0 Å². The number of aryl methyl sites for hydroxylation is 1. The van der Waals surface area contributed by atoms with Gasteiger partial charge in [-0.1, -0.05) is 24.3 Å². The largest absolute Gasteiger partial charge is 0.451 e. The van der Waals surface area contributed by atoms with Crippen molar-refractivity contribution in [3.63, 3.8) is 0 Å². The van der Waals surface area contributed by atoms with Crippen molar-refractivity contribution in [3.05, 3.63) is 53.5 Å². The minimum absolute atomic E-state index is 0.287. The third kappa shape index (κ3) is 2.94. The number of alkyl halides is 3. The smallest absolute Gasteiger partial charge is 0.356 e. The molecule has 0 bridgehead atoms. The van der Waals surface area contributed by atoms with E-state index < -0.39 is 12.0 Å². The van der Waals surface area contributed by atoms with Crippen molar-refractivity contribution in [1.29, 1.82) is 0 Å².